The van der Waals surface area contributed by atoms with Crippen LogP contribution in [0.2, 0.25) is 0 Å². The van der Waals surface area contributed by atoms with E-state index < -0.39 is 0 Å². The number of para-hydroxylation sites is 1. The van der Waals surface area contributed by atoms with Gasteiger partial charge in [-0.2, -0.15) is 0 Å². The molecule has 0 bridgehead atoms. The second kappa shape index (κ2) is 5.78. The third-order valence-corrected chi connectivity index (χ3v) is 1.89. The van der Waals surface area contributed by atoms with E-state index in [2.05, 4.69) is 17.2 Å². The van der Waals surface area contributed by atoms with Gasteiger partial charge in [0.25, 0.3) is 5.69 Å². The Kier molecular flexibility index (Phi) is 4.32. The van der Waals surface area contributed by atoms with E-state index in [-0.39, 0.29) is 10.6 Å². The molecule has 0 saturated carbocycles. The first-order valence-corrected chi connectivity index (χ1v) is 4.58. The molecule has 0 amide bonds. The zero-order chi connectivity index (χ0) is 11.1. The normalized spacial score (nSPS) is 9.13. The molecule has 4 heteroatoms. The molecule has 0 aliphatic heterocycles. The fourth-order valence-electron chi connectivity index (χ4n) is 1.19. The molecule has 1 aromatic carbocycles. The molecule has 0 radical (unpaired) electrons. The molecule has 0 atom stereocenters. The van der Waals surface area contributed by atoms with Gasteiger partial charge in [-0.3, -0.25) is 10.1 Å². The number of hydrogen-bond acceptors (Lipinski definition) is 3. The monoisotopic (exact) mass is 204 g/mol. The lowest BCUT2D eigenvalue weighted by atomic mass is 10.2. The smallest absolute Gasteiger partial charge is 0.273 e. The number of nitro groups is 1. The molecule has 0 saturated heterocycles. The molecule has 0 aliphatic carbocycles. The van der Waals surface area contributed by atoms with Gasteiger partial charge in [-0.25, -0.2) is 0 Å². The lowest BCUT2D eigenvalue weighted by Gasteiger charge is -2.02. The van der Waals surface area contributed by atoms with Crippen LogP contribution in [0.4, 0.5) is 5.69 Å². The SMILES string of the molecule is CC#CCNCc1ccccc1[N+](=O)[O-]. The molecule has 0 fully saturated rings. The van der Waals surface area contributed by atoms with Gasteiger partial charge >= 0.3 is 0 Å². The highest BCUT2D eigenvalue weighted by Gasteiger charge is 2.10. The Hall–Kier alpha value is -1.86. The molecule has 78 valence electrons. The highest BCUT2D eigenvalue weighted by molar-refractivity contribution is 5.39. The second-order valence-corrected chi connectivity index (χ2v) is 2.92. The second-order valence-electron chi connectivity index (χ2n) is 2.92. The van der Waals surface area contributed by atoms with Crippen LogP contribution in [0.15, 0.2) is 24.3 Å². The summed E-state index contributed by atoms with van der Waals surface area (Å²) < 4.78 is 0. The maximum Gasteiger partial charge on any atom is 0.273 e. The molecule has 0 heterocycles. The molecule has 1 rings (SSSR count). The van der Waals surface area contributed by atoms with Crippen molar-refractivity contribution in [2.24, 2.45) is 0 Å². The first-order chi connectivity index (χ1) is 7.25. The fraction of sp³-hybridized carbons (Fsp3) is 0.273. The summed E-state index contributed by atoms with van der Waals surface area (Å²) in [6, 6.07) is 6.69. The highest BCUT2D eigenvalue weighted by Crippen LogP contribution is 2.16. The van der Waals surface area contributed by atoms with Gasteiger partial charge < -0.3 is 5.32 Å². The van der Waals surface area contributed by atoms with E-state index in [1.165, 1.54) is 6.07 Å². The van der Waals surface area contributed by atoms with Crippen molar-refractivity contribution in [3.63, 3.8) is 0 Å². The quantitative estimate of drug-likeness (QED) is 0.351. The van der Waals surface area contributed by atoms with Crippen molar-refractivity contribution in [2.45, 2.75) is 13.5 Å². The topological polar surface area (TPSA) is 55.2 Å². The first-order valence-electron chi connectivity index (χ1n) is 4.58. The number of rotatable bonds is 4. The van der Waals surface area contributed by atoms with Crippen molar-refractivity contribution in [3.05, 3.63) is 39.9 Å². The molecule has 0 aromatic heterocycles. The van der Waals surface area contributed by atoms with Gasteiger partial charge in [0.1, 0.15) is 0 Å². The van der Waals surface area contributed by atoms with Crippen molar-refractivity contribution >= 4 is 5.69 Å². The van der Waals surface area contributed by atoms with Gasteiger partial charge in [0, 0.05) is 18.2 Å². The highest BCUT2D eigenvalue weighted by atomic mass is 16.6. The summed E-state index contributed by atoms with van der Waals surface area (Å²) in [5.74, 6) is 5.58. The van der Waals surface area contributed by atoms with Crippen LogP contribution in [0.25, 0.3) is 0 Å². The lowest BCUT2D eigenvalue weighted by molar-refractivity contribution is -0.385. The minimum atomic E-state index is -0.373. The van der Waals surface area contributed by atoms with Crippen LogP contribution < -0.4 is 5.32 Å². The predicted octanol–water partition coefficient (Wildman–Crippen LogP) is 1.71. The largest absolute Gasteiger partial charge is 0.302 e. The van der Waals surface area contributed by atoms with Crippen LogP contribution >= 0.6 is 0 Å². The van der Waals surface area contributed by atoms with Gasteiger partial charge in [0.05, 0.1) is 11.5 Å². The van der Waals surface area contributed by atoms with Gasteiger partial charge in [0.15, 0.2) is 0 Å². The summed E-state index contributed by atoms with van der Waals surface area (Å²) >= 11 is 0. The zero-order valence-electron chi connectivity index (χ0n) is 8.49. The Morgan fingerprint density at radius 3 is 2.87 bits per heavy atom. The van der Waals surface area contributed by atoms with Crippen LogP contribution in [0, 0.1) is 22.0 Å². The van der Waals surface area contributed by atoms with E-state index in [9.17, 15) is 10.1 Å². The molecule has 15 heavy (non-hydrogen) atoms. The number of nitrogens with zero attached hydrogens (tertiary/aromatic N) is 1. The Balaban J connectivity index is 2.66. The minimum absolute atomic E-state index is 0.148. The number of hydrogen-bond donors (Lipinski definition) is 1. The predicted molar refractivity (Wildman–Crippen MR) is 58.3 cm³/mol. The molecule has 0 spiro atoms. The van der Waals surface area contributed by atoms with Crippen molar-refractivity contribution < 1.29 is 4.92 Å². The average Bonchev–Trinajstić information content (AvgIpc) is 2.25. The fourth-order valence-corrected chi connectivity index (χ4v) is 1.19. The van der Waals surface area contributed by atoms with Crippen molar-refractivity contribution in [3.8, 4) is 11.8 Å². The zero-order valence-corrected chi connectivity index (χ0v) is 8.49. The summed E-state index contributed by atoms with van der Waals surface area (Å²) in [5, 5.41) is 13.7. The molecule has 4 nitrogen and oxygen atoms in total. The Bertz CT molecular complexity index is 405. The molecule has 1 N–H and O–H groups in total. The number of nitro benzene ring substituents is 1. The Morgan fingerprint density at radius 2 is 2.20 bits per heavy atom. The number of benzene rings is 1. The van der Waals surface area contributed by atoms with E-state index in [0.717, 1.165) is 0 Å². The summed E-state index contributed by atoms with van der Waals surface area (Å²) in [6.07, 6.45) is 0. The molecule has 0 unspecified atom stereocenters. The van der Waals surface area contributed by atoms with Crippen molar-refractivity contribution in [1.29, 1.82) is 0 Å². The molecule has 0 aliphatic rings. The van der Waals surface area contributed by atoms with Gasteiger partial charge in [-0.1, -0.05) is 24.1 Å². The van der Waals surface area contributed by atoms with Crippen molar-refractivity contribution in [2.75, 3.05) is 6.54 Å². The van der Waals surface area contributed by atoms with Crippen LogP contribution in [0.5, 0.6) is 0 Å². The first kappa shape index (κ1) is 11.2. The van der Waals surface area contributed by atoms with E-state index in [1.807, 2.05) is 0 Å². The van der Waals surface area contributed by atoms with E-state index in [1.54, 1.807) is 25.1 Å². The minimum Gasteiger partial charge on any atom is -0.302 e. The van der Waals surface area contributed by atoms with Crippen LogP contribution in [-0.4, -0.2) is 11.5 Å². The van der Waals surface area contributed by atoms with Gasteiger partial charge in [-0.05, 0) is 6.92 Å². The average molecular weight is 204 g/mol. The summed E-state index contributed by atoms with van der Waals surface area (Å²) in [6.45, 7) is 2.76. The van der Waals surface area contributed by atoms with Crippen LogP contribution in [0.3, 0.4) is 0 Å². The standard InChI is InChI=1S/C11H12N2O2/c1-2-3-8-12-9-10-6-4-5-7-11(10)13(14)15/h4-7,12H,8-9H2,1H3. The van der Waals surface area contributed by atoms with E-state index >= 15 is 0 Å². The Labute approximate surface area is 88.5 Å². The summed E-state index contributed by atoms with van der Waals surface area (Å²) in [7, 11) is 0. The van der Waals surface area contributed by atoms with Crippen LogP contribution in [-0.2, 0) is 6.54 Å². The van der Waals surface area contributed by atoms with E-state index in [4.69, 9.17) is 0 Å². The maximum absolute atomic E-state index is 10.7. The van der Waals surface area contributed by atoms with E-state index in [0.29, 0.717) is 18.7 Å². The van der Waals surface area contributed by atoms with Crippen molar-refractivity contribution in [1.82, 2.24) is 5.32 Å². The third kappa shape index (κ3) is 3.41. The van der Waals surface area contributed by atoms with Gasteiger partial charge in [-0.15, -0.1) is 5.92 Å². The van der Waals surface area contributed by atoms with Gasteiger partial charge in [0.2, 0.25) is 0 Å². The molecular weight excluding hydrogens is 192 g/mol. The molecule has 1 aromatic rings. The molecular formula is C11H12N2O2. The lowest BCUT2D eigenvalue weighted by Crippen LogP contribution is -2.14. The summed E-state index contributed by atoms with van der Waals surface area (Å²) in [4.78, 5) is 10.3. The summed E-state index contributed by atoms with van der Waals surface area (Å²) in [5.41, 5.74) is 0.829. The third-order valence-electron chi connectivity index (χ3n) is 1.89. The number of nitrogens with one attached hydrogen (secondary N) is 1. The Morgan fingerprint density at radius 1 is 1.47 bits per heavy atom. The van der Waals surface area contributed by atoms with Crippen LogP contribution in [0.1, 0.15) is 12.5 Å². The maximum atomic E-state index is 10.7.